The fourth-order valence-electron chi connectivity index (χ4n) is 5.60. The number of amides is 2. The van der Waals surface area contributed by atoms with Gasteiger partial charge in [-0.2, -0.15) is 0 Å². The SMILES string of the molecule is CCc1cccc(C2(NC[C@@H](O)[C@@H]3Cc4cc(F)cc(c4)OCCCCNC(=O)c4cc(C)cc(c4)C(=O)N3)CC2)c1. The molecule has 0 spiro atoms. The normalized spacial score (nSPS) is 19.6. The van der Waals surface area contributed by atoms with Gasteiger partial charge in [-0.25, -0.2) is 4.39 Å². The van der Waals surface area contributed by atoms with Crippen LogP contribution in [0.4, 0.5) is 4.39 Å². The third-order valence-corrected chi connectivity index (χ3v) is 8.18. The summed E-state index contributed by atoms with van der Waals surface area (Å²) in [6, 6.07) is 17.3. The molecular formula is C34H40FN3O4. The van der Waals surface area contributed by atoms with Crippen molar-refractivity contribution in [3.63, 3.8) is 0 Å². The monoisotopic (exact) mass is 573 g/mol. The molecule has 1 aliphatic carbocycles. The largest absolute Gasteiger partial charge is 0.493 e. The second-order valence-electron chi connectivity index (χ2n) is 11.6. The molecule has 2 amide bonds. The van der Waals surface area contributed by atoms with Crippen molar-refractivity contribution in [2.24, 2.45) is 0 Å². The van der Waals surface area contributed by atoms with Crippen LogP contribution in [0.15, 0.2) is 60.7 Å². The molecule has 4 N–H and O–H groups in total. The smallest absolute Gasteiger partial charge is 0.251 e. The van der Waals surface area contributed by atoms with Gasteiger partial charge >= 0.3 is 0 Å². The zero-order valence-electron chi connectivity index (χ0n) is 24.3. The molecule has 222 valence electrons. The highest BCUT2D eigenvalue weighted by molar-refractivity contribution is 6.00. The van der Waals surface area contributed by atoms with Crippen molar-refractivity contribution in [2.75, 3.05) is 19.7 Å². The van der Waals surface area contributed by atoms with Crippen molar-refractivity contribution in [1.29, 1.82) is 0 Å². The van der Waals surface area contributed by atoms with E-state index in [2.05, 4.69) is 47.1 Å². The minimum absolute atomic E-state index is 0.195. The number of hydrogen-bond donors (Lipinski definition) is 4. The van der Waals surface area contributed by atoms with E-state index in [4.69, 9.17) is 4.74 Å². The first-order chi connectivity index (χ1) is 20.2. The maximum absolute atomic E-state index is 14.6. The molecule has 1 heterocycles. The van der Waals surface area contributed by atoms with Gasteiger partial charge in [0.15, 0.2) is 0 Å². The molecule has 3 aromatic rings. The quantitative estimate of drug-likeness (QED) is 0.346. The van der Waals surface area contributed by atoms with Crippen LogP contribution in [-0.4, -0.2) is 48.8 Å². The predicted molar refractivity (Wildman–Crippen MR) is 160 cm³/mol. The number of aryl methyl sites for hydroxylation is 2. The summed E-state index contributed by atoms with van der Waals surface area (Å²) in [5, 5.41) is 20.9. The number of hydrogen-bond acceptors (Lipinski definition) is 5. The van der Waals surface area contributed by atoms with Crippen LogP contribution < -0.4 is 20.7 Å². The van der Waals surface area contributed by atoms with Crippen LogP contribution in [0.25, 0.3) is 0 Å². The summed E-state index contributed by atoms with van der Waals surface area (Å²) in [6.07, 6.45) is 3.47. The second kappa shape index (κ2) is 13.0. The Morgan fingerprint density at radius 3 is 2.60 bits per heavy atom. The first-order valence-electron chi connectivity index (χ1n) is 14.9. The molecule has 2 atom stereocenters. The highest BCUT2D eigenvalue weighted by Gasteiger charge is 2.44. The van der Waals surface area contributed by atoms with Crippen molar-refractivity contribution in [1.82, 2.24) is 16.0 Å². The van der Waals surface area contributed by atoms with Crippen molar-refractivity contribution in [3.8, 4) is 5.75 Å². The number of carbonyl (C=O) groups excluding carboxylic acids is 2. The molecule has 0 aromatic heterocycles. The third kappa shape index (κ3) is 7.36. The lowest BCUT2D eigenvalue weighted by Crippen LogP contribution is -2.50. The molecule has 1 fully saturated rings. The summed E-state index contributed by atoms with van der Waals surface area (Å²) >= 11 is 0. The van der Waals surface area contributed by atoms with E-state index >= 15 is 0 Å². The average Bonchev–Trinajstić information content (AvgIpc) is 3.77. The van der Waals surface area contributed by atoms with Crippen molar-refractivity contribution in [3.05, 3.63) is 99.9 Å². The number of carbonyl (C=O) groups is 2. The minimum atomic E-state index is -0.969. The molecule has 5 rings (SSSR count). The predicted octanol–water partition coefficient (Wildman–Crippen LogP) is 4.58. The van der Waals surface area contributed by atoms with Crippen LogP contribution in [0.2, 0.25) is 0 Å². The molecular weight excluding hydrogens is 533 g/mol. The third-order valence-electron chi connectivity index (χ3n) is 8.18. The van der Waals surface area contributed by atoms with E-state index in [-0.39, 0.29) is 24.4 Å². The molecule has 0 radical (unpaired) electrons. The summed E-state index contributed by atoms with van der Waals surface area (Å²) in [4.78, 5) is 26.3. The van der Waals surface area contributed by atoms with Gasteiger partial charge in [0.25, 0.3) is 11.8 Å². The standard InChI is InChI=1S/C34H40FN3O4/c1-3-23-7-6-8-27(15-23)34(9-10-34)37-21-31(39)30-18-24-16-28(35)20-29(17-24)42-12-5-4-11-36-32(40)25-13-22(2)14-26(19-25)33(41)38-30/h6-8,13-17,19-20,30-31,37,39H,3-5,9-12,18,21H2,1-2H3,(H,36,40)(H,38,41)/t30-,31+/m0/s1. The zero-order valence-corrected chi connectivity index (χ0v) is 24.3. The summed E-state index contributed by atoms with van der Waals surface area (Å²) in [7, 11) is 0. The van der Waals surface area contributed by atoms with Crippen LogP contribution in [0.5, 0.6) is 5.75 Å². The molecule has 3 aromatic carbocycles. The van der Waals surface area contributed by atoms with Gasteiger partial charge in [-0.15, -0.1) is 0 Å². The second-order valence-corrected chi connectivity index (χ2v) is 11.6. The molecule has 1 saturated carbocycles. The van der Waals surface area contributed by atoms with E-state index < -0.39 is 23.9 Å². The number of aliphatic hydroxyl groups is 1. The minimum Gasteiger partial charge on any atom is -0.493 e. The Morgan fingerprint density at radius 1 is 1.05 bits per heavy atom. The highest BCUT2D eigenvalue weighted by atomic mass is 19.1. The van der Waals surface area contributed by atoms with E-state index in [0.717, 1.165) is 24.8 Å². The Kier molecular flexibility index (Phi) is 9.24. The highest BCUT2D eigenvalue weighted by Crippen LogP contribution is 2.45. The van der Waals surface area contributed by atoms with Crippen LogP contribution in [0, 0.1) is 12.7 Å². The Bertz CT molecular complexity index is 1440. The Labute approximate surface area is 246 Å². The van der Waals surface area contributed by atoms with Gasteiger partial charge in [0.05, 0.1) is 18.8 Å². The van der Waals surface area contributed by atoms with Gasteiger partial charge in [-0.1, -0.05) is 31.2 Å². The number of aliphatic hydroxyl groups excluding tert-OH is 1. The Hall–Kier alpha value is -3.75. The number of nitrogens with one attached hydrogen (secondary N) is 3. The van der Waals surface area contributed by atoms with E-state index in [1.807, 2.05) is 6.92 Å². The fraction of sp³-hybridized carbons (Fsp3) is 0.412. The van der Waals surface area contributed by atoms with Crippen LogP contribution in [0.3, 0.4) is 0 Å². The lowest BCUT2D eigenvalue weighted by atomic mass is 9.97. The van der Waals surface area contributed by atoms with E-state index in [9.17, 15) is 19.1 Å². The van der Waals surface area contributed by atoms with Gasteiger partial charge in [0.1, 0.15) is 11.6 Å². The Morgan fingerprint density at radius 2 is 1.83 bits per heavy atom. The van der Waals surface area contributed by atoms with Gasteiger partial charge < -0.3 is 25.8 Å². The first kappa shape index (κ1) is 29.7. The van der Waals surface area contributed by atoms with Gasteiger partial charge in [-0.05, 0) is 98.0 Å². The number of rotatable bonds is 6. The van der Waals surface area contributed by atoms with Gasteiger partial charge in [-0.3, -0.25) is 9.59 Å². The molecule has 1 aliphatic heterocycles. The van der Waals surface area contributed by atoms with Gasteiger partial charge in [0.2, 0.25) is 0 Å². The molecule has 42 heavy (non-hydrogen) atoms. The fourth-order valence-corrected chi connectivity index (χ4v) is 5.60. The average molecular weight is 574 g/mol. The maximum Gasteiger partial charge on any atom is 0.251 e. The maximum atomic E-state index is 14.6. The van der Waals surface area contributed by atoms with Crippen LogP contribution >= 0.6 is 0 Å². The molecule has 2 aliphatic rings. The number of fused-ring (bicyclic) bond motifs is 4. The topological polar surface area (TPSA) is 99.7 Å². The first-order valence-corrected chi connectivity index (χ1v) is 14.9. The summed E-state index contributed by atoms with van der Waals surface area (Å²) < 4.78 is 20.4. The van der Waals surface area contributed by atoms with Crippen LogP contribution in [-0.2, 0) is 18.4 Å². The van der Waals surface area contributed by atoms with Gasteiger partial charge in [0, 0.05) is 35.8 Å². The molecule has 7 nitrogen and oxygen atoms in total. The van der Waals surface area contributed by atoms with Crippen LogP contribution in [0.1, 0.15) is 75.6 Å². The lowest BCUT2D eigenvalue weighted by molar-refractivity contribution is 0.0822. The number of ether oxygens (including phenoxy) is 1. The summed E-state index contributed by atoms with van der Waals surface area (Å²) in [6.45, 7) is 5.03. The van der Waals surface area contributed by atoms with E-state index in [1.165, 1.54) is 23.3 Å². The summed E-state index contributed by atoms with van der Waals surface area (Å²) in [5.74, 6) is -0.715. The summed E-state index contributed by atoms with van der Waals surface area (Å²) in [5.41, 5.74) is 4.37. The molecule has 0 saturated heterocycles. The molecule has 4 bridgehead atoms. The number of halogens is 1. The lowest BCUT2D eigenvalue weighted by Gasteiger charge is -2.28. The van der Waals surface area contributed by atoms with Crippen molar-refractivity contribution in [2.45, 2.75) is 70.1 Å². The van der Waals surface area contributed by atoms with Crippen molar-refractivity contribution >= 4 is 11.8 Å². The molecule has 0 unspecified atom stereocenters. The zero-order chi connectivity index (χ0) is 29.7. The van der Waals surface area contributed by atoms with E-state index in [1.54, 1.807) is 24.3 Å². The Balaban J connectivity index is 1.41. The number of benzene rings is 3. The van der Waals surface area contributed by atoms with Crippen molar-refractivity contribution < 1.29 is 23.8 Å². The van der Waals surface area contributed by atoms with E-state index in [0.29, 0.717) is 48.4 Å². The molecule has 8 heteroatoms.